The average Bonchev–Trinajstić information content (AvgIpc) is 3.32. The van der Waals surface area contributed by atoms with E-state index in [1.54, 1.807) is 0 Å². The van der Waals surface area contributed by atoms with Crippen LogP contribution in [0.3, 0.4) is 0 Å². The first-order chi connectivity index (χ1) is 11.0. The highest BCUT2D eigenvalue weighted by molar-refractivity contribution is 5.53. The van der Waals surface area contributed by atoms with E-state index in [1.165, 1.54) is 44.2 Å². The number of ether oxygens (including phenoxy) is 1. The van der Waals surface area contributed by atoms with E-state index < -0.39 is 0 Å². The molecular weight excluding hydrogens is 284 g/mol. The van der Waals surface area contributed by atoms with Crippen LogP contribution in [0.25, 0.3) is 0 Å². The Bertz CT molecular complexity index is 564. The van der Waals surface area contributed by atoms with Crippen molar-refractivity contribution in [3.05, 3.63) is 24.3 Å². The monoisotopic (exact) mass is 314 g/mol. The third-order valence-electron chi connectivity index (χ3n) is 5.89. The Morgan fingerprint density at radius 1 is 1.04 bits per heavy atom. The van der Waals surface area contributed by atoms with Crippen molar-refractivity contribution < 1.29 is 4.74 Å². The molecule has 1 aromatic carbocycles. The van der Waals surface area contributed by atoms with Crippen molar-refractivity contribution in [3.63, 3.8) is 0 Å². The van der Waals surface area contributed by atoms with E-state index in [0.717, 1.165) is 12.3 Å². The zero-order valence-corrected chi connectivity index (χ0v) is 14.8. The maximum Gasteiger partial charge on any atom is 0.119 e. The fourth-order valence-corrected chi connectivity index (χ4v) is 4.43. The third kappa shape index (κ3) is 2.96. The van der Waals surface area contributed by atoms with Crippen LogP contribution < -0.4 is 15.0 Å². The SMILES string of the molecule is CC1(C)CN(c2ccc(OC3CC3)cc2)C2(C)CCCCC2N1. The van der Waals surface area contributed by atoms with Gasteiger partial charge >= 0.3 is 0 Å². The smallest absolute Gasteiger partial charge is 0.119 e. The quantitative estimate of drug-likeness (QED) is 0.908. The molecule has 3 heteroatoms. The minimum absolute atomic E-state index is 0.157. The topological polar surface area (TPSA) is 24.5 Å². The predicted octanol–water partition coefficient (Wildman–Crippen LogP) is 4.12. The lowest BCUT2D eigenvalue weighted by atomic mass is 9.73. The maximum atomic E-state index is 5.91. The summed E-state index contributed by atoms with van der Waals surface area (Å²) in [5.74, 6) is 1.02. The van der Waals surface area contributed by atoms with Crippen molar-refractivity contribution in [2.45, 2.75) is 82.5 Å². The number of hydrogen-bond acceptors (Lipinski definition) is 3. The molecule has 126 valence electrons. The molecule has 0 aromatic heterocycles. The van der Waals surface area contributed by atoms with E-state index in [9.17, 15) is 0 Å². The fourth-order valence-electron chi connectivity index (χ4n) is 4.43. The van der Waals surface area contributed by atoms with Gasteiger partial charge in [0.1, 0.15) is 5.75 Å². The van der Waals surface area contributed by atoms with Crippen LogP contribution in [0.2, 0.25) is 0 Å². The second-order valence-corrected chi connectivity index (χ2v) is 8.58. The molecule has 0 amide bonds. The highest BCUT2D eigenvalue weighted by atomic mass is 16.5. The van der Waals surface area contributed by atoms with Gasteiger partial charge in [0.15, 0.2) is 0 Å². The third-order valence-corrected chi connectivity index (χ3v) is 5.89. The van der Waals surface area contributed by atoms with Crippen LogP contribution in [-0.4, -0.2) is 29.8 Å². The first-order valence-electron chi connectivity index (χ1n) is 9.28. The standard InChI is InChI=1S/C20H30N2O/c1-19(2)14-22(20(3)13-5-4-6-18(20)21-19)15-7-9-16(10-8-15)23-17-11-12-17/h7-10,17-18,21H,4-6,11-14H2,1-3H3. The molecule has 0 radical (unpaired) electrons. The number of benzene rings is 1. The van der Waals surface area contributed by atoms with Crippen LogP contribution in [0.15, 0.2) is 24.3 Å². The van der Waals surface area contributed by atoms with Crippen molar-refractivity contribution in [3.8, 4) is 5.75 Å². The van der Waals surface area contributed by atoms with Gasteiger partial charge in [-0.25, -0.2) is 0 Å². The number of fused-ring (bicyclic) bond motifs is 1. The molecule has 4 rings (SSSR count). The van der Waals surface area contributed by atoms with Crippen molar-refractivity contribution in [2.75, 3.05) is 11.4 Å². The lowest BCUT2D eigenvalue weighted by Crippen LogP contribution is -2.73. The molecule has 3 fully saturated rings. The maximum absolute atomic E-state index is 5.91. The van der Waals surface area contributed by atoms with Gasteiger partial charge in [0.2, 0.25) is 0 Å². The molecule has 3 nitrogen and oxygen atoms in total. The lowest BCUT2D eigenvalue weighted by Gasteiger charge is -2.59. The molecule has 1 aliphatic heterocycles. The summed E-state index contributed by atoms with van der Waals surface area (Å²) in [7, 11) is 0. The number of nitrogens with one attached hydrogen (secondary N) is 1. The molecule has 2 unspecified atom stereocenters. The molecule has 0 bridgehead atoms. The molecule has 1 saturated heterocycles. The van der Waals surface area contributed by atoms with Crippen molar-refractivity contribution in [1.29, 1.82) is 0 Å². The Morgan fingerprint density at radius 3 is 2.48 bits per heavy atom. The van der Waals surface area contributed by atoms with Crippen LogP contribution >= 0.6 is 0 Å². The lowest BCUT2D eigenvalue weighted by molar-refractivity contribution is 0.133. The van der Waals surface area contributed by atoms with Gasteiger partial charge in [-0.1, -0.05) is 12.8 Å². The van der Waals surface area contributed by atoms with Crippen molar-refractivity contribution in [2.24, 2.45) is 0 Å². The summed E-state index contributed by atoms with van der Waals surface area (Å²) in [4.78, 5) is 2.66. The van der Waals surface area contributed by atoms with Gasteiger partial charge < -0.3 is 15.0 Å². The van der Waals surface area contributed by atoms with Crippen LogP contribution in [0.1, 0.15) is 59.3 Å². The van der Waals surface area contributed by atoms with Gasteiger partial charge in [-0.2, -0.15) is 0 Å². The Hall–Kier alpha value is -1.22. The van der Waals surface area contributed by atoms with Crippen molar-refractivity contribution >= 4 is 5.69 Å². The Kier molecular flexibility index (Phi) is 3.60. The molecule has 2 aliphatic carbocycles. The minimum Gasteiger partial charge on any atom is -0.490 e. The van der Waals surface area contributed by atoms with Gasteiger partial charge in [0, 0.05) is 23.8 Å². The summed E-state index contributed by atoms with van der Waals surface area (Å²) in [5.41, 5.74) is 1.73. The summed E-state index contributed by atoms with van der Waals surface area (Å²) >= 11 is 0. The molecular formula is C20H30N2O. The number of rotatable bonds is 3. The summed E-state index contributed by atoms with van der Waals surface area (Å²) in [6.07, 6.45) is 8.17. The summed E-state index contributed by atoms with van der Waals surface area (Å²) in [6, 6.07) is 9.42. The predicted molar refractivity (Wildman–Crippen MR) is 95.3 cm³/mol. The van der Waals surface area contributed by atoms with Gasteiger partial charge in [-0.15, -0.1) is 0 Å². The normalized spacial score (nSPS) is 33.2. The second-order valence-electron chi connectivity index (χ2n) is 8.58. The van der Waals surface area contributed by atoms with E-state index in [-0.39, 0.29) is 11.1 Å². The number of piperazine rings is 1. The van der Waals surface area contributed by atoms with Gasteiger partial charge in [0.05, 0.1) is 11.6 Å². The van der Waals surface area contributed by atoms with Crippen molar-refractivity contribution in [1.82, 2.24) is 5.32 Å². The Morgan fingerprint density at radius 2 is 1.78 bits per heavy atom. The highest BCUT2D eigenvalue weighted by Crippen LogP contribution is 2.41. The second kappa shape index (κ2) is 5.41. The zero-order chi connectivity index (χ0) is 16.1. The largest absolute Gasteiger partial charge is 0.490 e. The first-order valence-corrected chi connectivity index (χ1v) is 9.28. The summed E-state index contributed by atoms with van der Waals surface area (Å²) in [5, 5.41) is 3.91. The van der Waals surface area contributed by atoms with Gasteiger partial charge in [0.25, 0.3) is 0 Å². The molecule has 2 atom stereocenters. The molecule has 0 spiro atoms. The highest BCUT2D eigenvalue weighted by Gasteiger charge is 2.48. The minimum atomic E-state index is 0.157. The Labute approximate surface area is 140 Å². The first kappa shape index (κ1) is 15.3. The molecule has 23 heavy (non-hydrogen) atoms. The molecule has 3 aliphatic rings. The van der Waals surface area contributed by atoms with Crippen LogP contribution in [0.5, 0.6) is 5.75 Å². The average molecular weight is 314 g/mol. The van der Waals surface area contributed by atoms with Gasteiger partial charge in [-0.3, -0.25) is 0 Å². The van der Waals surface area contributed by atoms with E-state index in [0.29, 0.717) is 12.1 Å². The fraction of sp³-hybridized carbons (Fsp3) is 0.700. The van der Waals surface area contributed by atoms with E-state index in [2.05, 4.69) is 55.3 Å². The molecule has 1 aromatic rings. The zero-order valence-electron chi connectivity index (χ0n) is 14.8. The number of hydrogen-bond donors (Lipinski definition) is 1. The van der Waals surface area contributed by atoms with Crippen LogP contribution in [-0.2, 0) is 0 Å². The van der Waals surface area contributed by atoms with E-state index >= 15 is 0 Å². The molecule has 2 saturated carbocycles. The summed E-state index contributed by atoms with van der Waals surface area (Å²) < 4.78 is 5.91. The van der Waals surface area contributed by atoms with E-state index in [4.69, 9.17) is 4.74 Å². The molecule has 1 N–H and O–H groups in total. The molecule has 1 heterocycles. The van der Waals surface area contributed by atoms with Crippen LogP contribution in [0, 0.1) is 0 Å². The van der Waals surface area contributed by atoms with Gasteiger partial charge in [-0.05, 0) is 70.7 Å². The van der Waals surface area contributed by atoms with E-state index in [1.807, 2.05) is 0 Å². The van der Waals surface area contributed by atoms with Crippen LogP contribution in [0.4, 0.5) is 5.69 Å². The number of anilines is 1. The summed E-state index contributed by atoms with van der Waals surface area (Å²) in [6.45, 7) is 8.17. The number of nitrogens with zero attached hydrogens (tertiary/aromatic N) is 1. The Balaban J connectivity index is 1.61.